The summed E-state index contributed by atoms with van der Waals surface area (Å²) < 4.78 is 0. The smallest absolute Gasteiger partial charge is 0.231 e. The van der Waals surface area contributed by atoms with Gasteiger partial charge < -0.3 is 14.8 Å². The highest BCUT2D eigenvalue weighted by atomic mass is 16.2. The highest BCUT2D eigenvalue weighted by molar-refractivity contribution is 5.88. The van der Waals surface area contributed by atoms with E-state index in [9.17, 15) is 4.79 Å². The summed E-state index contributed by atoms with van der Waals surface area (Å²) in [5.41, 5.74) is 3.03. The van der Waals surface area contributed by atoms with Crippen LogP contribution in [0, 0.1) is 19.3 Å². The number of hydrogen-bond acceptors (Lipinski definition) is 4. The molecule has 6 heteroatoms. The minimum Gasteiger partial charge on any atom is -0.361 e. The number of carbonyl (C=O) groups excluding carboxylic acids is 1. The van der Waals surface area contributed by atoms with Crippen LogP contribution in [0.2, 0.25) is 0 Å². The summed E-state index contributed by atoms with van der Waals surface area (Å²) >= 11 is 0. The number of amides is 1. The number of hydrogen-bond donors (Lipinski definition) is 1. The van der Waals surface area contributed by atoms with Crippen molar-refractivity contribution in [1.29, 1.82) is 0 Å². The van der Waals surface area contributed by atoms with Crippen molar-refractivity contribution < 1.29 is 4.79 Å². The lowest BCUT2D eigenvalue weighted by Crippen LogP contribution is -2.36. The van der Waals surface area contributed by atoms with E-state index in [2.05, 4.69) is 32.0 Å². The first-order valence-electron chi connectivity index (χ1n) is 9.96. The van der Waals surface area contributed by atoms with Gasteiger partial charge in [0.25, 0.3) is 0 Å². The van der Waals surface area contributed by atoms with Gasteiger partial charge in [0.05, 0.1) is 5.41 Å². The molecule has 4 heterocycles. The average Bonchev–Trinajstić information content (AvgIpc) is 3.36. The molecule has 6 nitrogen and oxygen atoms in total. The van der Waals surface area contributed by atoms with E-state index in [0.717, 1.165) is 55.3 Å². The fourth-order valence-corrected chi connectivity index (χ4v) is 4.82. The molecule has 5 rings (SSSR count). The number of H-pyrrole nitrogens is 1. The molecule has 1 aromatic carbocycles. The number of aromatic amines is 1. The molecule has 1 amide bonds. The Balaban J connectivity index is 1.34. The number of aryl methyl sites for hydroxylation is 2. The summed E-state index contributed by atoms with van der Waals surface area (Å²) in [6.45, 7) is 7.05. The van der Waals surface area contributed by atoms with E-state index in [4.69, 9.17) is 0 Å². The fourth-order valence-electron chi connectivity index (χ4n) is 4.82. The van der Waals surface area contributed by atoms with Gasteiger partial charge in [0.1, 0.15) is 11.6 Å². The molecular weight excluding hydrogens is 350 g/mol. The zero-order chi connectivity index (χ0) is 19.3. The van der Waals surface area contributed by atoms with Crippen LogP contribution >= 0.6 is 0 Å². The van der Waals surface area contributed by atoms with Gasteiger partial charge in [-0.2, -0.15) is 0 Å². The maximum absolute atomic E-state index is 13.4. The highest BCUT2D eigenvalue weighted by Gasteiger charge is 2.51. The minimum atomic E-state index is -0.265. The summed E-state index contributed by atoms with van der Waals surface area (Å²) in [5.74, 6) is 2.03. The van der Waals surface area contributed by atoms with Crippen LogP contribution in [0.1, 0.15) is 29.9 Å². The minimum absolute atomic E-state index is 0.265. The van der Waals surface area contributed by atoms with Crippen molar-refractivity contribution in [3.05, 3.63) is 53.6 Å². The first-order valence-corrected chi connectivity index (χ1v) is 9.96. The van der Waals surface area contributed by atoms with E-state index in [1.165, 1.54) is 10.9 Å². The van der Waals surface area contributed by atoms with Crippen LogP contribution in [0.25, 0.3) is 10.9 Å². The molecule has 1 N–H and O–H groups in total. The van der Waals surface area contributed by atoms with Crippen LogP contribution in [0.5, 0.6) is 0 Å². The SMILES string of the molecule is Cc1cc(N2CCC3(CCN(Cc4c[nH]c5ccccc45)C3=O)C2)nc(C)n1. The second-order valence-corrected chi connectivity index (χ2v) is 8.20. The van der Waals surface area contributed by atoms with Gasteiger partial charge in [0.15, 0.2) is 0 Å². The summed E-state index contributed by atoms with van der Waals surface area (Å²) in [6, 6.07) is 10.3. The molecule has 2 saturated heterocycles. The molecule has 2 aliphatic rings. The highest BCUT2D eigenvalue weighted by Crippen LogP contribution is 2.42. The molecule has 2 aliphatic heterocycles. The maximum Gasteiger partial charge on any atom is 0.231 e. The number of carbonyl (C=O) groups is 1. The van der Waals surface area contributed by atoms with Crippen molar-refractivity contribution >= 4 is 22.6 Å². The molecule has 0 radical (unpaired) electrons. The fraction of sp³-hybridized carbons (Fsp3) is 0.409. The predicted molar refractivity (Wildman–Crippen MR) is 109 cm³/mol. The summed E-state index contributed by atoms with van der Waals surface area (Å²) in [5, 5.41) is 1.20. The molecular formula is C22H25N5O. The van der Waals surface area contributed by atoms with Crippen molar-refractivity contribution in [2.45, 2.75) is 33.2 Å². The quantitative estimate of drug-likeness (QED) is 0.763. The van der Waals surface area contributed by atoms with Gasteiger partial charge in [-0.25, -0.2) is 9.97 Å². The number of likely N-dealkylation sites (tertiary alicyclic amines) is 1. The third-order valence-electron chi connectivity index (χ3n) is 6.27. The Kier molecular flexibility index (Phi) is 3.89. The Morgan fingerprint density at radius 2 is 1.96 bits per heavy atom. The topological polar surface area (TPSA) is 65.1 Å². The van der Waals surface area contributed by atoms with Gasteiger partial charge in [0.2, 0.25) is 5.91 Å². The lowest BCUT2D eigenvalue weighted by molar-refractivity contribution is -0.135. The molecule has 1 unspecified atom stereocenters. The molecule has 2 aromatic heterocycles. The van der Waals surface area contributed by atoms with Crippen molar-refractivity contribution in [3.8, 4) is 0 Å². The number of anilines is 1. The normalized spacial score (nSPS) is 22.1. The first-order chi connectivity index (χ1) is 13.5. The molecule has 1 spiro atoms. The molecule has 2 fully saturated rings. The van der Waals surface area contributed by atoms with Crippen LogP contribution in [0.4, 0.5) is 5.82 Å². The van der Waals surface area contributed by atoms with Gasteiger partial charge in [-0.1, -0.05) is 18.2 Å². The van der Waals surface area contributed by atoms with E-state index >= 15 is 0 Å². The zero-order valence-electron chi connectivity index (χ0n) is 16.4. The Labute approximate surface area is 164 Å². The van der Waals surface area contributed by atoms with Crippen LogP contribution < -0.4 is 4.90 Å². The van der Waals surface area contributed by atoms with Crippen LogP contribution in [-0.2, 0) is 11.3 Å². The molecule has 1 atom stereocenters. The first kappa shape index (κ1) is 17.2. The molecule has 28 heavy (non-hydrogen) atoms. The number of nitrogens with one attached hydrogen (secondary N) is 1. The Bertz CT molecular complexity index is 1040. The number of aromatic nitrogens is 3. The van der Waals surface area contributed by atoms with Crippen molar-refractivity contribution in [2.24, 2.45) is 5.41 Å². The van der Waals surface area contributed by atoms with E-state index in [1.54, 1.807) is 0 Å². The number of para-hydroxylation sites is 1. The van der Waals surface area contributed by atoms with E-state index in [1.807, 2.05) is 43.1 Å². The lowest BCUT2D eigenvalue weighted by atomic mass is 9.85. The Morgan fingerprint density at radius 1 is 1.14 bits per heavy atom. The van der Waals surface area contributed by atoms with Crippen molar-refractivity contribution in [1.82, 2.24) is 19.9 Å². The summed E-state index contributed by atoms with van der Waals surface area (Å²) in [7, 11) is 0. The van der Waals surface area contributed by atoms with Crippen LogP contribution in [-0.4, -0.2) is 45.4 Å². The summed E-state index contributed by atoms with van der Waals surface area (Å²) in [6.07, 6.45) is 3.86. The van der Waals surface area contributed by atoms with Crippen molar-refractivity contribution in [2.75, 3.05) is 24.5 Å². The number of nitrogens with zero attached hydrogens (tertiary/aromatic N) is 4. The van der Waals surface area contributed by atoms with E-state index in [-0.39, 0.29) is 5.41 Å². The third kappa shape index (κ3) is 2.75. The average molecular weight is 375 g/mol. The van der Waals surface area contributed by atoms with Crippen LogP contribution in [0.3, 0.4) is 0 Å². The number of fused-ring (bicyclic) bond motifs is 1. The van der Waals surface area contributed by atoms with Crippen molar-refractivity contribution in [3.63, 3.8) is 0 Å². The number of benzene rings is 1. The number of rotatable bonds is 3. The molecule has 0 aliphatic carbocycles. The maximum atomic E-state index is 13.4. The second kappa shape index (κ2) is 6.33. The van der Waals surface area contributed by atoms with Gasteiger partial charge in [-0.3, -0.25) is 4.79 Å². The molecule has 3 aromatic rings. The zero-order valence-corrected chi connectivity index (χ0v) is 16.4. The Morgan fingerprint density at radius 3 is 2.82 bits per heavy atom. The largest absolute Gasteiger partial charge is 0.361 e. The monoisotopic (exact) mass is 375 g/mol. The lowest BCUT2D eigenvalue weighted by Gasteiger charge is -2.24. The molecule has 0 saturated carbocycles. The van der Waals surface area contributed by atoms with Gasteiger partial charge in [-0.05, 0) is 38.3 Å². The standard InChI is InChI=1S/C22H25N5O/c1-15-11-20(25-16(2)24-15)27-10-8-22(14-27)7-9-26(21(22)28)13-17-12-23-19-6-4-3-5-18(17)19/h3-6,11-12,23H,7-10,13-14H2,1-2H3. The third-order valence-corrected chi connectivity index (χ3v) is 6.27. The van der Waals surface area contributed by atoms with Gasteiger partial charge in [0, 0.05) is 55.0 Å². The van der Waals surface area contributed by atoms with Gasteiger partial charge in [-0.15, -0.1) is 0 Å². The summed E-state index contributed by atoms with van der Waals surface area (Å²) in [4.78, 5) is 29.9. The molecule has 144 valence electrons. The second-order valence-electron chi connectivity index (χ2n) is 8.20. The van der Waals surface area contributed by atoms with E-state index < -0.39 is 0 Å². The van der Waals surface area contributed by atoms with Crippen LogP contribution in [0.15, 0.2) is 36.5 Å². The van der Waals surface area contributed by atoms with Gasteiger partial charge >= 0.3 is 0 Å². The molecule has 0 bridgehead atoms. The predicted octanol–water partition coefficient (Wildman–Crippen LogP) is 3.20. The van der Waals surface area contributed by atoms with E-state index in [0.29, 0.717) is 12.5 Å². The Hall–Kier alpha value is -2.89.